The third-order valence-corrected chi connectivity index (χ3v) is 2.90. The molecule has 7 heteroatoms. The molecule has 1 aromatic carbocycles. The van der Waals surface area contributed by atoms with Crippen LogP contribution in [0.25, 0.3) is 0 Å². The van der Waals surface area contributed by atoms with Crippen LogP contribution in [0.15, 0.2) is 12.1 Å². The van der Waals surface area contributed by atoms with Gasteiger partial charge in [0, 0.05) is 32.5 Å². The molecule has 1 atom stereocenters. The molecule has 0 bridgehead atoms. The maximum absolute atomic E-state index is 13.6. The van der Waals surface area contributed by atoms with Crippen LogP contribution in [0.5, 0.6) is 0 Å². The minimum Gasteiger partial charge on any atom is -0.398 e. The van der Waals surface area contributed by atoms with Crippen LogP contribution >= 0.6 is 0 Å². The van der Waals surface area contributed by atoms with Gasteiger partial charge in [-0.15, -0.1) is 0 Å². The third-order valence-electron chi connectivity index (χ3n) is 2.90. The van der Waals surface area contributed by atoms with Crippen LogP contribution in [-0.2, 0) is 16.1 Å². The van der Waals surface area contributed by atoms with Gasteiger partial charge < -0.3 is 10.6 Å². The Morgan fingerprint density at radius 2 is 2.20 bits per heavy atom. The van der Waals surface area contributed by atoms with Crippen LogP contribution in [-0.4, -0.2) is 28.6 Å². The molecule has 2 aliphatic heterocycles. The second kappa shape index (κ2) is 4.29. The Hall–Kier alpha value is -2.44. The fourth-order valence-corrected chi connectivity index (χ4v) is 2.02. The number of carbonyl (C=O) groups is 3. The summed E-state index contributed by atoms with van der Waals surface area (Å²) in [6.07, 6.45) is -3.81. The summed E-state index contributed by atoms with van der Waals surface area (Å²) in [5, 5.41) is 1.74. The monoisotopic (exact) mass is 282 g/mol. The number of anilines is 1. The SMILES string of the molecule is [2H]C1([2H])c2c(N)cc(F)cc2C(=O)N1C1([2H])C(=O)NC(=O)CC1([2H])[2H]. The van der Waals surface area contributed by atoms with Crippen LogP contribution in [0, 0.1) is 5.82 Å². The van der Waals surface area contributed by atoms with E-state index in [1.54, 1.807) is 5.32 Å². The molecule has 104 valence electrons. The molecular weight excluding hydrogens is 265 g/mol. The molecule has 20 heavy (non-hydrogen) atoms. The van der Waals surface area contributed by atoms with Crippen molar-refractivity contribution in [1.82, 2.24) is 10.2 Å². The number of amides is 3. The van der Waals surface area contributed by atoms with Gasteiger partial charge in [-0.05, 0) is 18.5 Å². The molecule has 3 amide bonds. The number of nitrogens with zero attached hydrogens (tertiary/aromatic N) is 1. The zero-order valence-electron chi connectivity index (χ0n) is 15.0. The van der Waals surface area contributed by atoms with Gasteiger partial charge in [0.05, 0.1) is 4.11 Å². The minimum atomic E-state index is -3.09. The van der Waals surface area contributed by atoms with Crippen LogP contribution < -0.4 is 11.1 Å². The van der Waals surface area contributed by atoms with Gasteiger partial charge >= 0.3 is 0 Å². The van der Waals surface area contributed by atoms with Crippen LogP contribution in [0.4, 0.5) is 10.1 Å². The average molecular weight is 282 g/mol. The zero-order valence-corrected chi connectivity index (χ0v) is 9.99. The highest BCUT2D eigenvalue weighted by Crippen LogP contribution is 2.31. The minimum absolute atomic E-state index is 0.0717. The van der Waals surface area contributed by atoms with Gasteiger partial charge in [0.25, 0.3) is 5.91 Å². The summed E-state index contributed by atoms with van der Waals surface area (Å²) in [6.45, 7) is -2.86. The summed E-state index contributed by atoms with van der Waals surface area (Å²) in [5.74, 6) is -4.67. The predicted molar refractivity (Wildman–Crippen MR) is 66.9 cm³/mol. The van der Waals surface area contributed by atoms with Crippen molar-refractivity contribution < 1.29 is 25.6 Å². The first-order chi connectivity index (χ1) is 11.3. The van der Waals surface area contributed by atoms with Crippen molar-refractivity contribution in [1.29, 1.82) is 0 Å². The lowest BCUT2D eigenvalue weighted by Crippen LogP contribution is -2.52. The lowest BCUT2D eigenvalue weighted by molar-refractivity contribution is -0.136. The number of hydrogen-bond donors (Lipinski definition) is 2. The number of nitrogen functional groups attached to an aromatic ring is 1. The summed E-state index contributed by atoms with van der Waals surface area (Å²) in [7, 11) is 0. The third kappa shape index (κ3) is 1.82. The predicted octanol–water partition coefficient (Wildman–Crippen LogP) is 0.169. The number of rotatable bonds is 1. The van der Waals surface area contributed by atoms with E-state index in [0.29, 0.717) is 6.07 Å². The van der Waals surface area contributed by atoms with Gasteiger partial charge in [0.2, 0.25) is 11.8 Å². The van der Waals surface area contributed by atoms with E-state index >= 15 is 0 Å². The Morgan fingerprint density at radius 1 is 1.45 bits per heavy atom. The summed E-state index contributed by atoms with van der Waals surface area (Å²) < 4.78 is 54.0. The quantitative estimate of drug-likeness (QED) is 0.567. The average Bonchev–Trinajstić information content (AvgIpc) is 2.62. The fourth-order valence-electron chi connectivity index (χ4n) is 2.02. The van der Waals surface area contributed by atoms with Crippen molar-refractivity contribution in [2.45, 2.75) is 25.3 Å². The second-order valence-corrected chi connectivity index (χ2v) is 4.25. The van der Waals surface area contributed by atoms with Gasteiger partial charge in [0.1, 0.15) is 11.8 Å². The molecule has 1 aromatic rings. The molecule has 2 heterocycles. The van der Waals surface area contributed by atoms with E-state index in [1.807, 2.05) is 0 Å². The Bertz CT molecular complexity index is 846. The van der Waals surface area contributed by atoms with Crippen molar-refractivity contribution in [3.8, 4) is 0 Å². The molecule has 3 rings (SSSR count). The highest BCUT2D eigenvalue weighted by molar-refractivity contribution is 6.06. The highest BCUT2D eigenvalue weighted by atomic mass is 19.1. The molecular formula is C13H12FN3O3. The standard InChI is InChI=1S/C13H12FN3O3/c14-6-3-7-8(9(15)4-6)5-17(13(7)20)10-1-2-11(18)16-12(10)19/h3-4,10H,1-2,5,15H2,(H,16,18,19)/i1D2,5D2,10D. The molecule has 2 aliphatic rings. The molecule has 3 N–H and O–H groups in total. The summed E-state index contributed by atoms with van der Waals surface area (Å²) in [5.41, 5.74) is 4.23. The van der Waals surface area contributed by atoms with Gasteiger partial charge in [-0.2, -0.15) is 0 Å². The maximum Gasteiger partial charge on any atom is 0.255 e. The highest BCUT2D eigenvalue weighted by Gasteiger charge is 2.39. The summed E-state index contributed by atoms with van der Waals surface area (Å²) in [6, 6.07) is -1.61. The van der Waals surface area contributed by atoms with E-state index in [4.69, 9.17) is 12.6 Å². The van der Waals surface area contributed by atoms with Gasteiger partial charge in [-0.3, -0.25) is 19.7 Å². The van der Waals surface area contributed by atoms with Crippen LogP contribution in [0.2, 0.25) is 0 Å². The van der Waals surface area contributed by atoms with E-state index in [9.17, 15) is 18.8 Å². The number of halogens is 1. The van der Waals surface area contributed by atoms with E-state index in [-0.39, 0.29) is 4.90 Å². The number of imide groups is 1. The number of fused-ring (bicyclic) bond motifs is 1. The van der Waals surface area contributed by atoms with Crippen molar-refractivity contribution in [3.63, 3.8) is 0 Å². The van der Waals surface area contributed by atoms with E-state index in [1.165, 1.54) is 0 Å². The summed E-state index contributed by atoms with van der Waals surface area (Å²) in [4.78, 5) is 36.4. The first kappa shape index (κ1) is 7.98. The van der Waals surface area contributed by atoms with Crippen LogP contribution in [0.1, 0.15) is 35.6 Å². The number of nitrogens with one attached hydrogen (secondary N) is 1. The lowest BCUT2D eigenvalue weighted by Gasteiger charge is -2.29. The number of benzene rings is 1. The normalized spacial score (nSPS) is 34.4. The molecule has 0 radical (unpaired) electrons. The Kier molecular flexibility index (Phi) is 1.71. The molecule has 0 saturated carbocycles. The van der Waals surface area contributed by atoms with Crippen LogP contribution in [0.3, 0.4) is 0 Å². The fraction of sp³-hybridized carbons (Fsp3) is 0.308. The summed E-state index contributed by atoms with van der Waals surface area (Å²) >= 11 is 0. The Labute approximate surface area is 120 Å². The topological polar surface area (TPSA) is 92.5 Å². The van der Waals surface area contributed by atoms with Gasteiger partial charge in [0.15, 0.2) is 0 Å². The van der Waals surface area contributed by atoms with Gasteiger partial charge in [-0.1, -0.05) is 0 Å². The zero-order chi connectivity index (χ0) is 18.9. The Morgan fingerprint density at radius 3 is 2.90 bits per heavy atom. The van der Waals surface area contributed by atoms with Crippen molar-refractivity contribution >= 4 is 23.4 Å². The molecule has 6 nitrogen and oxygen atoms in total. The van der Waals surface area contributed by atoms with Gasteiger partial charge in [-0.25, -0.2) is 4.39 Å². The van der Waals surface area contributed by atoms with E-state index in [2.05, 4.69) is 0 Å². The number of nitrogens with two attached hydrogens (primary N) is 1. The number of piperidine rings is 1. The molecule has 1 saturated heterocycles. The molecule has 1 unspecified atom stereocenters. The van der Waals surface area contributed by atoms with E-state index < -0.39 is 65.7 Å². The molecule has 0 aromatic heterocycles. The molecule has 1 fully saturated rings. The number of hydrogen-bond acceptors (Lipinski definition) is 4. The smallest absolute Gasteiger partial charge is 0.255 e. The van der Waals surface area contributed by atoms with E-state index in [0.717, 1.165) is 6.07 Å². The number of carbonyl (C=O) groups excluding carboxylic acids is 3. The largest absolute Gasteiger partial charge is 0.398 e. The molecule has 0 spiro atoms. The Balaban J connectivity index is 2.25. The first-order valence-corrected chi connectivity index (χ1v) is 5.62. The van der Waals surface area contributed by atoms with Crippen molar-refractivity contribution in [2.75, 3.05) is 5.73 Å². The maximum atomic E-state index is 13.6. The second-order valence-electron chi connectivity index (χ2n) is 4.25. The lowest BCUT2D eigenvalue weighted by atomic mass is 10.0. The first-order valence-electron chi connectivity index (χ1n) is 8.12. The van der Waals surface area contributed by atoms with Crippen molar-refractivity contribution in [2.24, 2.45) is 0 Å². The van der Waals surface area contributed by atoms with Crippen molar-refractivity contribution in [3.05, 3.63) is 29.1 Å². The molecule has 0 aliphatic carbocycles.